The van der Waals surface area contributed by atoms with Gasteiger partial charge in [-0.15, -0.1) is 0 Å². The molecule has 1 saturated carbocycles. The standard InChI is InChI=1S/C9H10BrNO3S/c10-8-4-1-6(5-9(8)12)11-15(13,14)7-2-3-7/h1,4-5,7,11-12H,2-3H2. The summed E-state index contributed by atoms with van der Waals surface area (Å²) in [5.74, 6) is 0.0194. The second-order valence-corrected chi connectivity index (χ2v) is 6.33. The number of hydrogen-bond donors (Lipinski definition) is 2. The van der Waals surface area contributed by atoms with Crippen molar-refractivity contribution < 1.29 is 13.5 Å². The number of anilines is 1. The van der Waals surface area contributed by atoms with Gasteiger partial charge in [0.2, 0.25) is 10.0 Å². The van der Waals surface area contributed by atoms with Crippen molar-refractivity contribution in [1.29, 1.82) is 0 Å². The van der Waals surface area contributed by atoms with E-state index in [-0.39, 0.29) is 11.0 Å². The molecule has 0 radical (unpaired) electrons. The fourth-order valence-corrected chi connectivity index (χ4v) is 2.83. The van der Waals surface area contributed by atoms with E-state index < -0.39 is 10.0 Å². The molecule has 0 bridgehead atoms. The Morgan fingerprint density at radius 1 is 1.40 bits per heavy atom. The molecule has 1 aliphatic carbocycles. The van der Waals surface area contributed by atoms with Crippen LogP contribution in [-0.4, -0.2) is 18.8 Å². The maximum absolute atomic E-state index is 11.6. The van der Waals surface area contributed by atoms with E-state index in [1.165, 1.54) is 6.07 Å². The molecular formula is C9H10BrNO3S. The van der Waals surface area contributed by atoms with Gasteiger partial charge in [-0.05, 0) is 40.9 Å². The predicted octanol–water partition coefficient (Wildman–Crippen LogP) is 2.06. The maximum Gasteiger partial charge on any atom is 0.235 e. The van der Waals surface area contributed by atoms with E-state index in [0.29, 0.717) is 10.2 Å². The molecule has 0 heterocycles. The zero-order valence-corrected chi connectivity index (χ0v) is 10.2. The van der Waals surface area contributed by atoms with Crippen LogP contribution in [0.15, 0.2) is 22.7 Å². The second-order valence-electron chi connectivity index (χ2n) is 3.51. The van der Waals surface area contributed by atoms with E-state index in [1.54, 1.807) is 12.1 Å². The smallest absolute Gasteiger partial charge is 0.235 e. The Labute approximate surface area is 96.5 Å². The van der Waals surface area contributed by atoms with Gasteiger partial charge in [0.25, 0.3) is 0 Å². The zero-order chi connectivity index (χ0) is 11.1. The molecule has 0 aromatic heterocycles. The normalized spacial score (nSPS) is 16.3. The first-order valence-corrected chi connectivity index (χ1v) is 6.83. The average molecular weight is 292 g/mol. The number of benzene rings is 1. The number of rotatable bonds is 3. The molecular weight excluding hydrogens is 282 g/mol. The summed E-state index contributed by atoms with van der Waals surface area (Å²) in [5.41, 5.74) is 0.391. The molecule has 6 heteroatoms. The van der Waals surface area contributed by atoms with Crippen molar-refractivity contribution in [3.05, 3.63) is 22.7 Å². The number of phenolic OH excluding ortho intramolecular Hbond substituents is 1. The van der Waals surface area contributed by atoms with E-state index >= 15 is 0 Å². The summed E-state index contributed by atoms with van der Waals surface area (Å²) in [7, 11) is -3.25. The van der Waals surface area contributed by atoms with E-state index in [2.05, 4.69) is 20.7 Å². The fraction of sp³-hybridized carbons (Fsp3) is 0.333. The molecule has 0 unspecified atom stereocenters. The second kappa shape index (κ2) is 3.68. The molecule has 1 aromatic carbocycles. The summed E-state index contributed by atoms with van der Waals surface area (Å²) >= 11 is 3.12. The van der Waals surface area contributed by atoms with Gasteiger partial charge in [-0.3, -0.25) is 4.72 Å². The molecule has 0 saturated heterocycles. The van der Waals surface area contributed by atoms with Crippen LogP contribution < -0.4 is 4.72 Å². The lowest BCUT2D eigenvalue weighted by molar-refractivity contribution is 0.472. The predicted molar refractivity (Wildman–Crippen MR) is 61.4 cm³/mol. The average Bonchev–Trinajstić information content (AvgIpc) is 2.93. The van der Waals surface area contributed by atoms with Crippen LogP contribution in [0.3, 0.4) is 0 Å². The number of hydrogen-bond acceptors (Lipinski definition) is 3. The highest BCUT2D eigenvalue weighted by atomic mass is 79.9. The van der Waals surface area contributed by atoms with Crippen molar-refractivity contribution in [3.8, 4) is 5.75 Å². The Morgan fingerprint density at radius 2 is 2.07 bits per heavy atom. The number of aromatic hydroxyl groups is 1. The SMILES string of the molecule is O=S(=O)(Nc1ccc(Br)c(O)c1)C1CC1. The molecule has 2 N–H and O–H groups in total. The molecule has 1 fully saturated rings. The fourth-order valence-electron chi connectivity index (χ4n) is 1.20. The molecule has 4 nitrogen and oxygen atoms in total. The van der Waals surface area contributed by atoms with Crippen LogP contribution in [0, 0.1) is 0 Å². The molecule has 1 aromatic rings. The third-order valence-corrected chi connectivity index (χ3v) is 4.71. The van der Waals surface area contributed by atoms with E-state index in [0.717, 1.165) is 12.8 Å². The number of phenols is 1. The Bertz CT molecular complexity index is 482. The van der Waals surface area contributed by atoms with Crippen LogP contribution in [-0.2, 0) is 10.0 Å². The maximum atomic E-state index is 11.6. The minimum Gasteiger partial charge on any atom is -0.507 e. The van der Waals surface area contributed by atoms with Crippen molar-refractivity contribution in [2.45, 2.75) is 18.1 Å². The Hall–Kier alpha value is -0.750. The Balaban J connectivity index is 2.21. The van der Waals surface area contributed by atoms with Crippen LogP contribution in [0.25, 0.3) is 0 Å². The lowest BCUT2D eigenvalue weighted by Gasteiger charge is -2.07. The molecule has 2 rings (SSSR count). The van der Waals surface area contributed by atoms with E-state index in [9.17, 15) is 13.5 Å². The summed E-state index contributed by atoms with van der Waals surface area (Å²) in [6.07, 6.45) is 1.44. The topological polar surface area (TPSA) is 66.4 Å². The highest BCUT2D eigenvalue weighted by Gasteiger charge is 2.35. The van der Waals surface area contributed by atoms with Crippen LogP contribution in [0.2, 0.25) is 0 Å². The first-order chi connectivity index (χ1) is 6.99. The lowest BCUT2D eigenvalue weighted by Crippen LogP contribution is -2.17. The first-order valence-electron chi connectivity index (χ1n) is 4.49. The van der Waals surface area contributed by atoms with E-state index in [4.69, 9.17) is 0 Å². The lowest BCUT2D eigenvalue weighted by atomic mass is 10.3. The number of halogens is 1. The van der Waals surface area contributed by atoms with Gasteiger partial charge in [-0.25, -0.2) is 8.42 Å². The molecule has 0 atom stereocenters. The van der Waals surface area contributed by atoms with E-state index in [1.807, 2.05) is 0 Å². The third kappa shape index (κ3) is 2.43. The van der Waals surface area contributed by atoms with Gasteiger partial charge in [0, 0.05) is 6.07 Å². The van der Waals surface area contributed by atoms with Crippen molar-refractivity contribution in [2.75, 3.05) is 4.72 Å². The molecule has 15 heavy (non-hydrogen) atoms. The van der Waals surface area contributed by atoms with Gasteiger partial charge in [-0.1, -0.05) is 0 Å². The minimum atomic E-state index is -3.25. The molecule has 0 aliphatic heterocycles. The van der Waals surface area contributed by atoms with Crippen molar-refractivity contribution in [2.24, 2.45) is 0 Å². The largest absolute Gasteiger partial charge is 0.507 e. The molecule has 82 valence electrons. The van der Waals surface area contributed by atoms with Crippen LogP contribution in [0.4, 0.5) is 5.69 Å². The third-order valence-electron chi connectivity index (χ3n) is 2.17. The highest BCUT2D eigenvalue weighted by Crippen LogP contribution is 2.32. The Morgan fingerprint density at radius 3 is 2.60 bits per heavy atom. The van der Waals surface area contributed by atoms with Crippen molar-refractivity contribution in [1.82, 2.24) is 0 Å². The minimum absolute atomic E-state index is 0.0194. The van der Waals surface area contributed by atoms with Gasteiger partial charge in [-0.2, -0.15) is 0 Å². The quantitative estimate of drug-likeness (QED) is 0.896. The summed E-state index contributed by atoms with van der Waals surface area (Å²) in [5, 5.41) is 9.11. The zero-order valence-electron chi connectivity index (χ0n) is 7.77. The van der Waals surface area contributed by atoms with Gasteiger partial charge >= 0.3 is 0 Å². The van der Waals surface area contributed by atoms with Gasteiger partial charge in [0.15, 0.2) is 0 Å². The summed E-state index contributed by atoms with van der Waals surface area (Å²) in [6.45, 7) is 0. The van der Waals surface area contributed by atoms with Crippen LogP contribution in [0.5, 0.6) is 5.75 Å². The van der Waals surface area contributed by atoms with Crippen molar-refractivity contribution >= 4 is 31.6 Å². The number of nitrogens with one attached hydrogen (secondary N) is 1. The Kier molecular flexibility index (Phi) is 2.64. The number of sulfonamides is 1. The van der Waals surface area contributed by atoms with Gasteiger partial charge in [0.1, 0.15) is 5.75 Å². The van der Waals surface area contributed by atoms with Gasteiger partial charge < -0.3 is 5.11 Å². The summed E-state index contributed by atoms with van der Waals surface area (Å²) in [4.78, 5) is 0. The first kappa shape index (κ1) is 10.8. The molecule has 0 spiro atoms. The van der Waals surface area contributed by atoms with Crippen LogP contribution in [0.1, 0.15) is 12.8 Å². The summed E-state index contributed by atoms with van der Waals surface area (Å²) < 4.78 is 26.1. The summed E-state index contributed by atoms with van der Waals surface area (Å²) in [6, 6.07) is 4.58. The molecule has 0 amide bonds. The van der Waals surface area contributed by atoms with Crippen LogP contribution >= 0.6 is 15.9 Å². The molecule has 1 aliphatic rings. The monoisotopic (exact) mass is 291 g/mol. The highest BCUT2D eigenvalue weighted by molar-refractivity contribution is 9.10. The van der Waals surface area contributed by atoms with Gasteiger partial charge in [0.05, 0.1) is 15.4 Å². The van der Waals surface area contributed by atoms with Crippen molar-refractivity contribution in [3.63, 3.8) is 0 Å².